The molecule has 1 aromatic carbocycles. The summed E-state index contributed by atoms with van der Waals surface area (Å²) in [6.45, 7) is 0.354. The number of carboxylic acids is 1. The molecular weight excluding hydrogens is 290 g/mol. The number of hydrogen-bond acceptors (Lipinski definition) is 4. The van der Waals surface area contributed by atoms with Gasteiger partial charge in [0.15, 0.2) is 5.58 Å². The van der Waals surface area contributed by atoms with Crippen LogP contribution in [0.25, 0.3) is 17.2 Å². The third kappa shape index (κ3) is 2.66. The van der Waals surface area contributed by atoms with Crippen LogP contribution in [0.3, 0.4) is 0 Å². The molecule has 0 radical (unpaired) electrons. The van der Waals surface area contributed by atoms with Crippen LogP contribution in [-0.2, 0) is 11.3 Å². The maximum absolute atomic E-state index is 11.9. The monoisotopic (exact) mass is 301 g/mol. The third-order valence-electron chi connectivity index (χ3n) is 3.06. The first-order chi connectivity index (χ1) is 10.1. The molecule has 2 heterocycles. The van der Waals surface area contributed by atoms with E-state index in [0.29, 0.717) is 12.1 Å². The van der Waals surface area contributed by atoms with Gasteiger partial charge in [0.1, 0.15) is 0 Å². The summed E-state index contributed by atoms with van der Waals surface area (Å²) in [6.07, 6.45) is 2.61. The Kier molecular flexibility index (Phi) is 3.45. The minimum Gasteiger partial charge on any atom is -0.478 e. The quantitative estimate of drug-likeness (QED) is 0.752. The van der Waals surface area contributed by atoms with Crippen LogP contribution in [0, 0.1) is 0 Å². The SMILES string of the molecule is O=C(O)C=Cc1ccsc1Cn1c(=O)oc2ccccc21. The number of aromatic nitrogens is 1. The van der Waals surface area contributed by atoms with Gasteiger partial charge in [0.25, 0.3) is 0 Å². The van der Waals surface area contributed by atoms with Gasteiger partial charge in [0, 0.05) is 11.0 Å². The van der Waals surface area contributed by atoms with Gasteiger partial charge in [-0.05, 0) is 35.2 Å². The standard InChI is InChI=1S/C15H11NO4S/c17-14(18)6-5-10-7-8-21-13(10)9-16-11-3-1-2-4-12(11)20-15(16)19/h1-8H,9H2,(H,17,18). The highest BCUT2D eigenvalue weighted by molar-refractivity contribution is 7.10. The number of aliphatic carboxylic acids is 1. The lowest BCUT2D eigenvalue weighted by molar-refractivity contribution is -0.131. The average molecular weight is 301 g/mol. The van der Waals surface area contributed by atoms with Crippen molar-refractivity contribution in [3.63, 3.8) is 0 Å². The Hall–Kier alpha value is -2.60. The van der Waals surface area contributed by atoms with E-state index in [0.717, 1.165) is 22.0 Å². The second-order valence-corrected chi connectivity index (χ2v) is 5.39. The summed E-state index contributed by atoms with van der Waals surface area (Å²) in [5.41, 5.74) is 2.06. The number of para-hydroxylation sites is 2. The van der Waals surface area contributed by atoms with Crippen molar-refractivity contribution in [3.8, 4) is 0 Å². The normalized spacial score (nSPS) is 11.4. The van der Waals surface area contributed by atoms with E-state index in [-0.39, 0.29) is 0 Å². The maximum Gasteiger partial charge on any atom is 0.420 e. The third-order valence-corrected chi connectivity index (χ3v) is 3.98. The van der Waals surface area contributed by atoms with Crippen LogP contribution in [0.15, 0.2) is 51.0 Å². The molecule has 0 aliphatic carbocycles. The molecule has 0 spiro atoms. The van der Waals surface area contributed by atoms with Gasteiger partial charge in [-0.3, -0.25) is 4.57 Å². The lowest BCUT2D eigenvalue weighted by Crippen LogP contribution is -2.14. The molecule has 6 heteroatoms. The molecule has 0 aliphatic heterocycles. The number of carboxylic acid groups (broad SMARTS) is 1. The van der Waals surface area contributed by atoms with Crippen molar-refractivity contribution in [3.05, 3.63) is 62.8 Å². The summed E-state index contributed by atoms with van der Waals surface area (Å²) < 4.78 is 6.73. The molecule has 3 aromatic rings. The Labute approximate surface area is 123 Å². The van der Waals surface area contributed by atoms with Crippen LogP contribution in [0.4, 0.5) is 0 Å². The molecule has 0 fully saturated rings. The van der Waals surface area contributed by atoms with Crippen LogP contribution in [-0.4, -0.2) is 15.6 Å². The maximum atomic E-state index is 11.9. The molecule has 2 aromatic heterocycles. The molecule has 0 saturated carbocycles. The average Bonchev–Trinajstić information content (AvgIpc) is 3.02. The van der Waals surface area contributed by atoms with Crippen LogP contribution < -0.4 is 5.76 Å². The first-order valence-electron chi connectivity index (χ1n) is 6.21. The van der Waals surface area contributed by atoms with Gasteiger partial charge in [-0.15, -0.1) is 11.3 Å². The zero-order valence-electron chi connectivity index (χ0n) is 10.9. The molecule has 0 aliphatic rings. The number of hydrogen-bond donors (Lipinski definition) is 1. The van der Waals surface area contributed by atoms with Gasteiger partial charge >= 0.3 is 11.7 Å². The molecule has 0 saturated heterocycles. The largest absolute Gasteiger partial charge is 0.478 e. The number of benzene rings is 1. The van der Waals surface area contributed by atoms with E-state index in [1.807, 2.05) is 29.6 Å². The molecule has 0 unspecified atom stereocenters. The van der Waals surface area contributed by atoms with Gasteiger partial charge in [0.05, 0.1) is 12.1 Å². The van der Waals surface area contributed by atoms with Crippen molar-refractivity contribution in [1.29, 1.82) is 0 Å². The second kappa shape index (κ2) is 5.41. The van der Waals surface area contributed by atoms with Crippen molar-refractivity contribution < 1.29 is 14.3 Å². The smallest absolute Gasteiger partial charge is 0.420 e. The predicted molar refractivity (Wildman–Crippen MR) is 80.6 cm³/mol. The molecule has 0 bridgehead atoms. The molecule has 3 rings (SSSR count). The highest BCUT2D eigenvalue weighted by Crippen LogP contribution is 2.21. The van der Waals surface area contributed by atoms with Gasteiger partial charge in [-0.1, -0.05) is 12.1 Å². The lowest BCUT2D eigenvalue weighted by Gasteiger charge is -2.01. The van der Waals surface area contributed by atoms with Gasteiger partial charge < -0.3 is 9.52 Å². The number of thiophene rings is 1. The Balaban J connectivity index is 2.00. The summed E-state index contributed by atoms with van der Waals surface area (Å²) >= 11 is 1.47. The highest BCUT2D eigenvalue weighted by Gasteiger charge is 2.11. The van der Waals surface area contributed by atoms with E-state index in [4.69, 9.17) is 9.52 Å². The number of nitrogens with zero attached hydrogens (tertiary/aromatic N) is 1. The minimum absolute atomic E-state index is 0.354. The first-order valence-corrected chi connectivity index (χ1v) is 7.09. The van der Waals surface area contributed by atoms with Crippen molar-refractivity contribution in [2.24, 2.45) is 0 Å². The highest BCUT2D eigenvalue weighted by atomic mass is 32.1. The van der Waals surface area contributed by atoms with Crippen LogP contribution in [0.1, 0.15) is 10.4 Å². The second-order valence-electron chi connectivity index (χ2n) is 4.39. The number of rotatable bonds is 4. The van der Waals surface area contributed by atoms with Gasteiger partial charge in [-0.2, -0.15) is 0 Å². The van der Waals surface area contributed by atoms with E-state index < -0.39 is 11.7 Å². The Morgan fingerprint density at radius 2 is 2.14 bits per heavy atom. The molecule has 0 atom stereocenters. The van der Waals surface area contributed by atoms with Crippen LogP contribution in [0.2, 0.25) is 0 Å². The minimum atomic E-state index is -1.00. The molecule has 0 amide bonds. The molecular formula is C15H11NO4S. The first kappa shape index (κ1) is 13.4. The van der Waals surface area contributed by atoms with Crippen LogP contribution in [0.5, 0.6) is 0 Å². The molecule has 5 nitrogen and oxygen atoms in total. The number of carbonyl (C=O) groups is 1. The summed E-state index contributed by atoms with van der Waals surface area (Å²) in [5, 5.41) is 10.6. The van der Waals surface area contributed by atoms with Crippen molar-refractivity contribution in [2.45, 2.75) is 6.54 Å². The van der Waals surface area contributed by atoms with E-state index in [2.05, 4.69) is 0 Å². The fourth-order valence-corrected chi connectivity index (χ4v) is 2.95. The molecule has 106 valence electrons. The zero-order chi connectivity index (χ0) is 14.8. The Bertz CT molecular complexity index is 884. The molecule has 1 N–H and O–H groups in total. The summed E-state index contributed by atoms with van der Waals surface area (Å²) in [6, 6.07) is 9.04. The van der Waals surface area contributed by atoms with E-state index >= 15 is 0 Å². The van der Waals surface area contributed by atoms with E-state index in [1.165, 1.54) is 17.4 Å². The Morgan fingerprint density at radius 3 is 2.95 bits per heavy atom. The summed E-state index contributed by atoms with van der Waals surface area (Å²) in [7, 11) is 0. The number of fused-ring (bicyclic) bond motifs is 1. The van der Waals surface area contributed by atoms with Crippen LogP contribution >= 0.6 is 11.3 Å². The lowest BCUT2D eigenvalue weighted by atomic mass is 10.2. The number of oxazole rings is 1. The summed E-state index contributed by atoms with van der Waals surface area (Å²) in [4.78, 5) is 23.4. The summed E-state index contributed by atoms with van der Waals surface area (Å²) in [5.74, 6) is -1.42. The predicted octanol–water partition coefficient (Wildman–Crippen LogP) is 2.80. The van der Waals surface area contributed by atoms with Crippen molar-refractivity contribution >= 4 is 34.5 Å². The Morgan fingerprint density at radius 1 is 1.33 bits per heavy atom. The van der Waals surface area contributed by atoms with Crippen molar-refractivity contribution in [1.82, 2.24) is 4.57 Å². The topological polar surface area (TPSA) is 72.4 Å². The fourth-order valence-electron chi connectivity index (χ4n) is 2.10. The van der Waals surface area contributed by atoms with Gasteiger partial charge in [0.2, 0.25) is 0 Å². The molecule has 21 heavy (non-hydrogen) atoms. The van der Waals surface area contributed by atoms with Gasteiger partial charge in [-0.25, -0.2) is 9.59 Å². The van der Waals surface area contributed by atoms with Crippen molar-refractivity contribution in [2.75, 3.05) is 0 Å². The zero-order valence-corrected chi connectivity index (χ0v) is 11.7. The van der Waals surface area contributed by atoms with E-state index in [9.17, 15) is 9.59 Å². The van der Waals surface area contributed by atoms with E-state index in [1.54, 1.807) is 10.6 Å². The fraction of sp³-hybridized carbons (Fsp3) is 0.0667.